The highest BCUT2D eigenvalue weighted by Crippen LogP contribution is 2.62. The Balaban J connectivity index is 2.27. The maximum atomic E-state index is 12.4. The molecular weight excluding hydrogens is 272 g/mol. The summed E-state index contributed by atoms with van der Waals surface area (Å²) in [5.74, 6) is 0. The first kappa shape index (κ1) is 15.3. The average molecular weight is 296 g/mol. The number of aryl methyl sites for hydroxylation is 1. The van der Waals surface area contributed by atoms with Crippen LogP contribution >= 0.6 is 0 Å². The maximum Gasteiger partial charge on any atom is 0.240 e. The van der Waals surface area contributed by atoms with Gasteiger partial charge >= 0.3 is 0 Å². The minimum atomic E-state index is -3.52. The molecule has 0 unspecified atom stereocenters. The van der Waals surface area contributed by atoms with Crippen LogP contribution in [0.15, 0.2) is 23.1 Å². The third-order valence-electron chi connectivity index (χ3n) is 5.10. The Bertz CT molecular complexity index is 619. The molecule has 0 atom stereocenters. The summed E-state index contributed by atoms with van der Waals surface area (Å²) in [5, 5.41) is 0. The van der Waals surface area contributed by atoms with Gasteiger partial charge in [-0.05, 0) is 34.9 Å². The molecule has 0 bridgehead atoms. The van der Waals surface area contributed by atoms with Crippen LogP contribution in [-0.2, 0) is 16.4 Å². The first-order valence-electron chi connectivity index (χ1n) is 6.94. The van der Waals surface area contributed by atoms with E-state index in [2.05, 4.69) is 32.4 Å². The zero-order valence-corrected chi connectivity index (χ0v) is 13.6. The van der Waals surface area contributed by atoms with E-state index in [4.69, 9.17) is 5.73 Å². The third-order valence-corrected chi connectivity index (χ3v) is 6.52. The minimum Gasteiger partial charge on any atom is -0.398 e. The van der Waals surface area contributed by atoms with Gasteiger partial charge in [-0.3, -0.25) is 0 Å². The van der Waals surface area contributed by atoms with Crippen LogP contribution in [0.5, 0.6) is 0 Å². The molecule has 1 aromatic carbocycles. The fraction of sp³-hybridized carbons (Fsp3) is 0.600. The van der Waals surface area contributed by atoms with Crippen LogP contribution in [0.4, 0.5) is 5.69 Å². The zero-order chi connectivity index (χ0) is 15.3. The number of hydrogen-bond donors (Lipinski definition) is 2. The number of benzene rings is 1. The lowest BCUT2D eigenvalue weighted by atomic mass is 10.0. The summed E-state index contributed by atoms with van der Waals surface area (Å²) in [6, 6.07) is 4.91. The third kappa shape index (κ3) is 2.23. The van der Waals surface area contributed by atoms with E-state index in [1.807, 2.05) is 6.92 Å². The van der Waals surface area contributed by atoms with Crippen molar-refractivity contribution in [1.82, 2.24) is 4.72 Å². The monoisotopic (exact) mass is 296 g/mol. The van der Waals surface area contributed by atoms with E-state index in [9.17, 15) is 8.42 Å². The van der Waals surface area contributed by atoms with Crippen LogP contribution in [0.2, 0.25) is 0 Å². The van der Waals surface area contributed by atoms with Crippen molar-refractivity contribution in [2.45, 2.75) is 52.0 Å². The molecule has 1 aliphatic carbocycles. The Labute approximate surface area is 121 Å². The lowest BCUT2D eigenvalue weighted by Gasteiger charge is -2.10. The van der Waals surface area contributed by atoms with E-state index >= 15 is 0 Å². The first-order valence-corrected chi connectivity index (χ1v) is 8.43. The Morgan fingerprint density at radius 2 is 1.75 bits per heavy atom. The van der Waals surface area contributed by atoms with Gasteiger partial charge in [-0.1, -0.05) is 40.7 Å². The molecular formula is C15H24N2O2S. The largest absolute Gasteiger partial charge is 0.398 e. The van der Waals surface area contributed by atoms with Crippen molar-refractivity contribution < 1.29 is 8.42 Å². The molecule has 0 spiro atoms. The SMILES string of the molecule is CCc1ccc(S(=O)(=O)NC2C(C)(C)C2(C)C)cc1N. The van der Waals surface area contributed by atoms with Crippen LogP contribution in [0.25, 0.3) is 0 Å². The van der Waals surface area contributed by atoms with Crippen molar-refractivity contribution in [3.8, 4) is 0 Å². The van der Waals surface area contributed by atoms with E-state index in [0.717, 1.165) is 12.0 Å². The lowest BCUT2D eigenvalue weighted by Crippen LogP contribution is -2.30. The van der Waals surface area contributed by atoms with E-state index in [0.29, 0.717) is 5.69 Å². The van der Waals surface area contributed by atoms with Gasteiger partial charge in [-0.25, -0.2) is 13.1 Å². The number of nitrogen functional groups attached to an aromatic ring is 1. The van der Waals surface area contributed by atoms with Crippen molar-refractivity contribution >= 4 is 15.7 Å². The molecule has 1 aliphatic rings. The van der Waals surface area contributed by atoms with Crippen molar-refractivity contribution in [1.29, 1.82) is 0 Å². The molecule has 4 nitrogen and oxygen atoms in total. The van der Waals surface area contributed by atoms with E-state index in [-0.39, 0.29) is 21.8 Å². The second-order valence-corrected chi connectivity index (χ2v) is 8.43. The molecule has 5 heteroatoms. The van der Waals surface area contributed by atoms with E-state index < -0.39 is 10.0 Å². The fourth-order valence-electron chi connectivity index (χ4n) is 2.78. The molecule has 2 rings (SSSR count). The first-order chi connectivity index (χ1) is 9.04. The molecule has 20 heavy (non-hydrogen) atoms. The van der Waals surface area contributed by atoms with Gasteiger partial charge in [-0.15, -0.1) is 0 Å². The second-order valence-electron chi connectivity index (χ2n) is 6.71. The predicted molar refractivity (Wildman–Crippen MR) is 81.9 cm³/mol. The molecule has 1 fully saturated rings. The van der Waals surface area contributed by atoms with Crippen molar-refractivity contribution in [2.24, 2.45) is 10.8 Å². The molecule has 0 radical (unpaired) electrons. The molecule has 0 saturated heterocycles. The topological polar surface area (TPSA) is 72.2 Å². The van der Waals surface area contributed by atoms with Gasteiger partial charge in [-0.2, -0.15) is 0 Å². The van der Waals surface area contributed by atoms with Gasteiger partial charge in [0.1, 0.15) is 0 Å². The summed E-state index contributed by atoms with van der Waals surface area (Å²) in [7, 11) is -3.52. The molecule has 0 aromatic heterocycles. The molecule has 112 valence electrons. The van der Waals surface area contributed by atoms with Gasteiger partial charge in [0.25, 0.3) is 0 Å². The van der Waals surface area contributed by atoms with Crippen molar-refractivity contribution in [3.05, 3.63) is 23.8 Å². The fourth-order valence-corrected chi connectivity index (χ4v) is 4.34. The highest BCUT2D eigenvalue weighted by Gasteiger charge is 2.66. The van der Waals surface area contributed by atoms with E-state index in [1.165, 1.54) is 0 Å². The van der Waals surface area contributed by atoms with Gasteiger partial charge in [0, 0.05) is 11.7 Å². The van der Waals surface area contributed by atoms with Crippen LogP contribution in [-0.4, -0.2) is 14.5 Å². The number of nitrogens with two attached hydrogens (primary N) is 1. The van der Waals surface area contributed by atoms with Crippen molar-refractivity contribution in [2.75, 3.05) is 5.73 Å². The molecule has 0 aliphatic heterocycles. The predicted octanol–water partition coefficient (Wildman–Crippen LogP) is 2.54. The second kappa shape index (κ2) is 4.46. The van der Waals surface area contributed by atoms with Gasteiger partial charge in [0.15, 0.2) is 0 Å². The van der Waals surface area contributed by atoms with Crippen LogP contribution in [0.3, 0.4) is 0 Å². The average Bonchev–Trinajstić information content (AvgIpc) is 2.71. The van der Waals surface area contributed by atoms with E-state index in [1.54, 1.807) is 18.2 Å². The van der Waals surface area contributed by atoms with Crippen LogP contribution < -0.4 is 10.5 Å². The highest BCUT2D eigenvalue weighted by atomic mass is 32.2. The summed E-state index contributed by atoms with van der Waals surface area (Å²) in [6.45, 7) is 10.3. The number of hydrogen-bond acceptors (Lipinski definition) is 3. The number of rotatable bonds is 4. The summed E-state index contributed by atoms with van der Waals surface area (Å²) < 4.78 is 27.7. The highest BCUT2D eigenvalue weighted by molar-refractivity contribution is 7.89. The van der Waals surface area contributed by atoms with Crippen molar-refractivity contribution in [3.63, 3.8) is 0 Å². The summed E-state index contributed by atoms with van der Waals surface area (Å²) in [5.41, 5.74) is 7.32. The Morgan fingerprint density at radius 3 is 2.15 bits per heavy atom. The molecule has 0 heterocycles. The van der Waals surface area contributed by atoms with Gasteiger partial charge in [0.05, 0.1) is 4.90 Å². The number of sulfonamides is 1. The minimum absolute atomic E-state index is 0.0328. The molecule has 0 amide bonds. The Morgan fingerprint density at radius 1 is 1.20 bits per heavy atom. The van der Waals surface area contributed by atoms with Crippen LogP contribution in [0, 0.1) is 10.8 Å². The number of nitrogens with one attached hydrogen (secondary N) is 1. The Hall–Kier alpha value is -1.07. The maximum absolute atomic E-state index is 12.4. The lowest BCUT2D eigenvalue weighted by molar-refractivity contribution is 0.457. The quantitative estimate of drug-likeness (QED) is 0.839. The zero-order valence-electron chi connectivity index (χ0n) is 12.8. The number of anilines is 1. The smallest absolute Gasteiger partial charge is 0.240 e. The normalized spacial score (nSPS) is 20.9. The standard InChI is InChI=1S/C15H24N2O2S/c1-6-10-7-8-11(9-12(10)16)20(18,19)17-13-14(2,3)15(13,4)5/h7-9,13,17H,6,16H2,1-5H3. The summed E-state index contributed by atoms with van der Waals surface area (Å²) >= 11 is 0. The molecule has 1 saturated carbocycles. The summed E-state index contributed by atoms with van der Waals surface area (Å²) in [4.78, 5) is 0.241. The molecule has 3 N–H and O–H groups in total. The van der Waals surface area contributed by atoms with Gasteiger partial charge in [0.2, 0.25) is 10.0 Å². The molecule has 1 aromatic rings. The van der Waals surface area contributed by atoms with Crippen LogP contribution in [0.1, 0.15) is 40.2 Å². The summed E-state index contributed by atoms with van der Waals surface area (Å²) in [6.07, 6.45) is 0.794. The van der Waals surface area contributed by atoms with Gasteiger partial charge < -0.3 is 5.73 Å². The Kier molecular flexibility index (Phi) is 3.42.